The second-order valence-corrected chi connectivity index (χ2v) is 18.6. The van der Waals surface area contributed by atoms with Crippen molar-refractivity contribution in [2.24, 2.45) is 5.92 Å². The minimum Gasteiger partial charge on any atom is -0.497 e. The Morgan fingerprint density at radius 2 is 1.73 bits per heavy atom. The highest BCUT2D eigenvalue weighted by atomic mass is 79.9. The largest absolute Gasteiger partial charge is 0.497 e. The average Bonchev–Trinajstić information content (AvgIpc) is 3.54. The van der Waals surface area contributed by atoms with Crippen LogP contribution in [0.4, 0.5) is 15.5 Å². The molecule has 0 saturated carbocycles. The second-order valence-electron chi connectivity index (χ2n) is 13.9. The molecule has 12 heteroatoms. The maximum atomic E-state index is 16.4. The molecule has 3 amide bonds. The summed E-state index contributed by atoms with van der Waals surface area (Å²) < 4.78 is 29.2. The predicted molar refractivity (Wildman–Crippen MR) is 204 cm³/mol. The molecule has 2 aliphatic rings. The number of aliphatic hydroxyl groups excluding tert-OH is 1. The molecule has 9 nitrogen and oxygen atoms in total. The lowest BCUT2D eigenvalue weighted by Gasteiger charge is -2.31. The van der Waals surface area contributed by atoms with Crippen molar-refractivity contribution in [2.45, 2.75) is 56.8 Å². The maximum Gasteiger partial charge on any atom is 0.264 e. The number of carbonyl (C=O) groups excluding carboxylic acids is 3. The van der Waals surface area contributed by atoms with Crippen LogP contribution in [0.25, 0.3) is 0 Å². The van der Waals surface area contributed by atoms with Crippen molar-refractivity contribution in [1.29, 1.82) is 0 Å². The molecule has 1 saturated heterocycles. The third-order valence-electron chi connectivity index (χ3n) is 10.1. The van der Waals surface area contributed by atoms with Gasteiger partial charge in [-0.3, -0.25) is 14.4 Å². The van der Waals surface area contributed by atoms with E-state index in [9.17, 15) is 19.5 Å². The van der Waals surface area contributed by atoms with E-state index in [1.807, 2.05) is 73.7 Å². The first kappa shape index (κ1) is 37.4. The lowest BCUT2D eigenvalue weighted by atomic mass is 9.82. The van der Waals surface area contributed by atoms with Crippen LogP contribution in [-0.4, -0.2) is 62.5 Å². The second kappa shape index (κ2) is 15.3. The number of benzene rings is 4. The molecular weight excluding hydrogens is 745 g/mol. The van der Waals surface area contributed by atoms with E-state index in [4.69, 9.17) is 9.47 Å². The van der Waals surface area contributed by atoms with Crippen LogP contribution in [0, 0.1) is 5.92 Å². The van der Waals surface area contributed by atoms with Crippen molar-refractivity contribution in [3.63, 3.8) is 0 Å². The fourth-order valence-corrected chi connectivity index (χ4v) is 10.6. The Bertz CT molecular complexity index is 1940. The molecular formula is C40H43BrFN3O6Si. The number of amides is 3. The number of halogens is 2. The third-order valence-corrected chi connectivity index (χ3v) is 13.1. The summed E-state index contributed by atoms with van der Waals surface area (Å²) in [5.41, 5.74) is 1.78. The van der Waals surface area contributed by atoms with Crippen molar-refractivity contribution in [3.05, 3.63) is 124 Å². The van der Waals surface area contributed by atoms with Gasteiger partial charge in [-0.2, -0.15) is 0 Å². The van der Waals surface area contributed by atoms with Crippen molar-refractivity contribution in [3.8, 4) is 5.75 Å². The lowest BCUT2D eigenvalue weighted by molar-refractivity contribution is -0.150. The summed E-state index contributed by atoms with van der Waals surface area (Å²) in [7, 11) is -1.97. The molecule has 0 radical (unpaired) electrons. The van der Waals surface area contributed by atoms with Gasteiger partial charge in [0.05, 0.1) is 38.5 Å². The first-order valence-electron chi connectivity index (χ1n) is 17.3. The quantitative estimate of drug-likeness (QED) is 0.114. The summed E-state index contributed by atoms with van der Waals surface area (Å²) in [6.07, 6.45) is -0.991. The Morgan fingerprint density at radius 1 is 1.02 bits per heavy atom. The molecule has 272 valence electrons. The first-order valence-corrected chi connectivity index (χ1v) is 21.1. The zero-order valence-corrected chi connectivity index (χ0v) is 32.2. The van der Waals surface area contributed by atoms with Gasteiger partial charge in [-0.1, -0.05) is 65.3 Å². The highest BCUT2D eigenvalue weighted by molar-refractivity contribution is 9.10. The summed E-state index contributed by atoms with van der Waals surface area (Å²) in [4.78, 5) is 45.0. The van der Waals surface area contributed by atoms with Crippen LogP contribution >= 0.6 is 15.9 Å². The van der Waals surface area contributed by atoms with Crippen LogP contribution in [0.15, 0.2) is 102 Å². The Labute approximate surface area is 313 Å². The number of aliphatic hydroxyl groups is 1. The number of rotatable bonds is 12. The van der Waals surface area contributed by atoms with Crippen LogP contribution in [-0.2, 0) is 33.0 Å². The number of hydrogen-bond acceptors (Lipinski definition) is 6. The van der Waals surface area contributed by atoms with Crippen LogP contribution in [0.1, 0.15) is 40.4 Å². The normalized spacial score (nSPS) is 20.9. The van der Waals surface area contributed by atoms with Crippen molar-refractivity contribution in [2.75, 3.05) is 30.5 Å². The molecule has 0 aliphatic carbocycles. The number of ether oxygens (including phenoxy) is 2. The molecule has 1 spiro atoms. The fourth-order valence-electron chi connectivity index (χ4n) is 7.77. The number of hydrogen-bond donors (Lipinski definition) is 2. The van der Waals surface area contributed by atoms with Gasteiger partial charge in [0.1, 0.15) is 5.75 Å². The van der Waals surface area contributed by atoms with Crippen molar-refractivity contribution in [1.82, 2.24) is 4.90 Å². The number of methoxy groups -OCH3 is 1. The fraction of sp³-hybridized carbons (Fsp3) is 0.325. The van der Waals surface area contributed by atoms with Gasteiger partial charge in [-0.05, 0) is 78.8 Å². The van der Waals surface area contributed by atoms with E-state index in [0.29, 0.717) is 28.3 Å². The molecule has 1 fully saturated rings. The first-order chi connectivity index (χ1) is 24.8. The number of fused-ring (bicyclic) bond motifs is 2. The Hall–Kier alpha value is -4.36. The number of carbonyl (C=O) groups is 3. The standard InChI is InChI=1S/C40H43BrFN3O6Si/c1-26-37(52(3,4)42)35(23-36(47)44(19-20-46)24-27-9-6-5-7-10-27)51-40(26)33-22-30(41)15-18-34(33)45(39(40)49)25-28-11-8-12-31(21-28)43-38(48)29-13-16-32(50-2)17-14-29/h5-18,21-22,26,35,37,46H,19-20,23-25H2,1-4H3,(H,43,48)/t26-,35+,37-,40+/m0/s1. The molecule has 52 heavy (non-hydrogen) atoms. The van der Waals surface area contributed by atoms with Gasteiger partial charge in [-0.25, -0.2) is 0 Å². The predicted octanol–water partition coefficient (Wildman–Crippen LogP) is 7.44. The minimum absolute atomic E-state index is 0.115. The summed E-state index contributed by atoms with van der Waals surface area (Å²) in [5, 5.41) is 12.7. The van der Waals surface area contributed by atoms with E-state index in [2.05, 4.69) is 21.2 Å². The Morgan fingerprint density at radius 3 is 2.40 bits per heavy atom. The van der Waals surface area contributed by atoms with Gasteiger partial charge in [0, 0.05) is 45.8 Å². The molecule has 2 aliphatic heterocycles. The highest BCUT2D eigenvalue weighted by Crippen LogP contribution is 2.60. The lowest BCUT2D eigenvalue weighted by Crippen LogP contribution is -2.45. The Kier molecular flexibility index (Phi) is 11.0. The zero-order valence-electron chi connectivity index (χ0n) is 29.6. The van der Waals surface area contributed by atoms with E-state index >= 15 is 4.11 Å². The smallest absolute Gasteiger partial charge is 0.264 e. The third kappa shape index (κ3) is 7.43. The van der Waals surface area contributed by atoms with Crippen molar-refractivity contribution >= 4 is 53.4 Å². The topological polar surface area (TPSA) is 108 Å². The monoisotopic (exact) mass is 787 g/mol. The Balaban J connectivity index is 1.28. The van der Waals surface area contributed by atoms with E-state index in [1.54, 1.807) is 60.3 Å². The molecule has 0 aromatic heterocycles. The van der Waals surface area contributed by atoms with Crippen LogP contribution < -0.4 is 15.0 Å². The van der Waals surface area contributed by atoms with Crippen LogP contribution in [0.3, 0.4) is 0 Å². The van der Waals surface area contributed by atoms with Gasteiger partial charge in [-0.15, -0.1) is 0 Å². The van der Waals surface area contributed by atoms with E-state index < -0.39 is 31.6 Å². The number of anilines is 2. The molecule has 4 aromatic carbocycles. The molecule has 0 bridgehead atoms. The summed E-state index contributed by atoms with van der Waals surface area (Å²) in [6, 6.07) is 29.1. The van der Waals surface area contributed by atoms with Crippen molar-refractivity contribution < 1.29 is 33.1 Å². The highest BCUT2D eigenvalue weighted by Gasteiger charge is 2.67. The average molecular weight is 789 g/mol. The molecule has 2 heterocycles. The molecule has 6 rings (SSSR count). The molecule has 2 N–H and O–H groups in total. The number of nitrogens with one attached hydrogen (secondary N) is 1. The molecule has 0 unspecified atom stereocenters. The van der Waals surface area contributed by atoms with Gasteiger partial charge in [0.25, 0.3) is 11.8 Å². The van der Waals surface area contributed by atoms with E-state index in [-0.39, 0.29) is 50.4 Å². The summed E-state index contributed by atoms with van der Waals surface area (Å²) in [6.45, 7) is 5.42. The molecule has 4 aromatic rings. The van der Waals surface area contributed by atoms with Gasteiger partial charge in [0.15, 0.2) is 5.60 Å². The van der Waals surface area contributed by atoms with E-state index in [0.717, 1.165) is 15.6 Å². The summed E-state index contributed by atoms with van der Waals surface area (Å²) >= 11 is 3.58. The van der Waals surface area contributed by atoms with Gasteiger partial charge < -0.3 is 33.8 Å². The van der Waals surface area contributed by atoms with Crippen LogP contribution in [0.5, 0.6) is 5.75 Å². The SMILES string of the molecule is COc1ccc(C(=O)Nc2cccc(CN3C(=O)[C@]4(O[C@H](CC(=O)N(CCO)Cc5ccccc5)[C@@H]([Si](C)(C)F)[C@@H]4C)c4cc(Br)ccc43)c2)cc1. The zero-order chi connectivity index (χ0) is 37.2. The van der Waals surface area contributed by atoms with Crippen LogP contribution in [0.2, 0.25) is 18.6 Å². The number of nitrogens with zero attached hydrogens (tertiary/aromatic N) is 2. The molecule has 4 atom stereocenters. The maximum absolute atomic E-state index is 16.4. The minimum atomic E-state index is -3.53. The van der Waals surface area contributed by atoms with Gasteiger partial charge >= 0.3 is 0 Å². The summed E-state index contributed by atoms with van der Waals surface area (Å²) in [5.74, 6) is -0.826. The van der Waals surface area contributed by atoms with E-state index in [1.165, 1.54) is 0 Å². The van der Waals surface area contributed by atoms with Gasteiger partial charge in [0.2, 0.25) is 14.3 Å².